The molecule has 1 aromatic rings. The minimum absolute atomic E-state index is 0.0163. The number of amides is 3. The minimum atomic E-state index is 0.0163. The third-order valence-corrected chi connectivity index (χ3v) is 5.44. The highest BCUT2D eigenvalue weighted by Crippen LogP contribution is 2.24. The normalized spacial score (nSPS) is 16.9. The quantitative estimate of drug-likeness (QED) is 0.897. The Morgan fingerprint density at radius 1 is 1.39 bits per heavy atom. The van der Waals surface area contributed by atoms with Gasteiger partial charge in [0.15, 0.2) is 0 Å². The van der Waals surface area contributed by atoms with Crippen LogP contribution in [0, 0.1) is 5.92 Å². The predicted octanol–water partition coefficient (Wildman–Crippen LogP) is 3.10. The molecule has 1 atom stereocenters. The lowest BCUT2D eigenvalue weighted by atomic mass is 9.93. The average molecular weight is 337 g/mol. The third-order valence-electron chi connectivity index (χ3n) is 4.46. The summed E-state index contributed by atoms with van der Waals surface area (Å²) in [6.45, 7) is 3.56. The van der Waals surface area contributed by atoms with Crippen molar-refractivity contribution >= 4 is 23.3 Å². The summed E-state index contributed by atoms with van der Waals surface area (Å²) in [5, 5.41) is 5.17. The van der Waals surface area contributed by atoms with E-state index in [4.69, 9.17) is 0 Å². The first kappa shape index (κ1) is 17.8. The molecule has 1 aromatic heterocycles. The molecule has 2 heterocycles. The molecule has 23 heavy (non-hydrogen) atoms. The van der Waals surface area contributed by atoms with E-state index in [1.807, 2.05) is 16.3 Å². The van der Waals surface area contributed by atoms with Gasteiger partial charge >= 0.3 is 6.03 Å². The summed E-state index contributed by atoms with van der Waals surface area (Å²) in [5.74, 6) is 0.574. The molecule has 1 N–H and O–H groups in total. The number of piperidine rings is 1. The molecule has 0 saturated carbocycles. The molecule has 128 valence electrons. The Kier molecular flexibility index (Phi) is 6.45. The largest absolute Gasteiger partial charge is 0.349 e. The van der Waals surface area contributed by atoms with Crippen LogP contribution in [-0.4, -0.2) is 48.9 Å². The first-order chi connectivity index (χ1) is 11.0. The van der Waals surface area contributed by atoms with E-state index in [0.717, 1.165) is 32.4 Å². The Morgan fingerprint density at radius 2 is 2.09 bits per heavy atom. The fraction of sp³-hybridized carbons (Fsp3) is 0.647. The van der Waals surface area contributed by atoms with Crippen molar-refractivity contribution < 1.29 is 9.59 Å². The van der Waals surface area contributed by atoms with E-state index in [9.17, 15) is 9.59 Å². The standard InChI is InChI=1S/C17H27N3O2S/c1-4-14(15-6-5-11-23-15)18-17(22)20-9-7-13(8-10-20)12-16(21)19(2)3/h5-6,11,13-14H,4,7-10,12H2,1-3H3,(H,18,22)/t14-/m0/s1. The fourth-order valence-corrected chi connectivity index (χ4v) is 3.74. The Hall–Kier alpha value is -1.56. The van der Waals surface area contributed by atoms with E-state index < -0.39 is 0 Å². The van der Waals surface area contributed by atoms with Crippen LogP contribution in [0.5, 0.6) is 0 Å². The van der Waals surface area contributed by atoms with Crippen LogP contribution in [0.4, 0.5) is 4.79 Å². The van der Waals surface area contributed by atoms with E-state index >= 15 is 0 Å². The summed E-state index contributed by atoms with van der Waals surface area (Å²) in [4.78, 5) is 28.9. The summed E-state index contributed by atoms with van der Waals surface area (Å²) < 4.78 is 0. The number of carbonyl (C=O) groups excluding carboxylic acids is 2. The van der Waals surface area contributed by atoms with E-state index in [0.29, 0.717) is 12.3 Å². The van der Waals surface area contributed by atoms with Crippen molar-refractivity contribution in [1.82, 2.24) is 15.1 Å². The van der Waals surface area contributed by atoms with Crippen LogP contribution < -0.4 is 5.32 Å². The minimum Gasteiger partial charge on any atom is -0.349 e. The average Bonchev–Trinajstić information content (AvgIpc) is 3.07. The monoisotopic (exact) mass is 337 g/mol. The summed E-state index contributed by atoms with van der Waals surface area (Å²) in [7, 11) is 3.58. The van der Waals surface area contributed by atoms with Crippen LogP contribution in [0.1, 0.15) is 43.5 Å². The van der Waals surface area contributed by atoms with Crippen LogP contribution in [0.2, 0.25) is 0 Å². The van der Waals surface area contributed by atoms with E-state index in [2.05, 4.69) is 18.3 Å². The Morgan fingerprint density at radius 3 is 2.61 bits per heavy atom. The van der Waals surface area contributed by atoms with E-state index in [1.54, 1.807) is 30.3 Å². The number of nitrogens with zero attached hydrogens (tertiary/aromatic N) is 2. The number of hydrogen-bond acceptors (Lipinski definition) is 3. The molecular formula is C17H27N3O2S. The topological polar surface area (TPSA) is 52.7 Å². The van der Waals surface area contributed by atoms with Gasteiger partial charge < -0.3 is 15.1 Å². The third kappa shape index (κ3) is 4.96. The van der Waals surface area contributed by atoms with Crippen molar-refractivity contribution in [2.75, 3.05) is 27.2 Å². The molecular weight excluding hydrogens is 310 g/mol. The van der Waals surface area contributed by atoms with Gasteiger partial charge in [-0.2, -0.15) is 0 Å². The summed E-state index contributed by atoms with van der Waals surface area (Å²) in [5.41, 5.74) is 0. The van der Waals surface area contributed by atoms with Gasteiger partial charge in [-0.05, 0) is 36.6 Å². The Labute approximate surface area is 142 Å². The SMILES string of the molecule is CC[C@H](NC(=O)N1CCC(CC(=O)N(C)C)CC1)c1cccs1. The van der Waals surface area contributed by atoms with Gasteiger partial charge in [-0.15, -0.1) is 11.3 Å². The molecule has 1 saturated heterocycles. The molecule has 0 spiro atoms. The maximum Gasteiger partial charge on any atom is 0.317 e. The Bertz CT molecular complexity index is 508. The van der Waals surface area contributed by atoms with Crippen LogP contribution in [0.3, 0.4) is 0 Å². The molecule has 1 aliphatic heterocycles. The van der Waals surface area contributed by atoms with Crippen molar-refractivity contribution in [3.05, 3.63) is 22.4 Å². The second-order valence-electron chi connectivity index (χ2n) is 6.35. The zero-order valence-corrected chi connectivity index (χ0v) is 15.1. The maximum absolute atomic E-state index is 12.4. The highest BCUT2D eigenvalue weighted by Gasteiger charge is 2.26. The van der Waals surface area contributed by atoms with Gasteiger partial charge in [0.2, 0.25) is 5.91 Å². The first-order valence-corrected chi connectivity index (χ1v) is 9.18. The molecule has 0 aromatic carbocycles. The maximum atomic E-state index is 12.4. The zero-order chi connectivity index (χ0) is 16.8. The molecule has 0 radical (unpaired) electrons. The van der Waals surface area contributed by atoms with Gasteiger partial charge in [0.05, 0.1) is 6.04 Å². The van der Waals surface area contributed by atoms with Crippen LogP contribution in [-0.2, 0) is 4.79 Å². The molecule has 1 aliphatic rings. The highest BCUT2D eigenvalue weighted by atomic mass is 32.1. The number of likely N-dealkylation sites (tertiary alicyclic amines) is 1. The molecule has 2 rings (SSSR count). The predicted molar refractivity (Wildman–Crippen MR) is 93.5 cm³/mol. The smallest absolute Gasteiger partial charge is 0.317 e. The summed E-state index contributed by atoms with van der Waals surface area (Å²) in [6.07, 6.45) is 3.29. The van der Waals surface area contributed by atoms with Crippen LogP contribution in [0.15, 0.2) is 17.5 Å². The van der Waals surface area contributed by atoms with Gasteiger partial charge in [-0.3, -0.25) is 4.79 Å². The van der Waals surface area contributed by atoms with Gasteiger partial charge in [-0.1, -0.05) is 13.0 Å². The Balaban J connectivity index is 1.80. The second kappa shape index (κ2) is 8.34. The van der Waals surface area contributed by atoms with Crippen molar-refractivity contribution in [3.63, 3.8) is 0 Å². The number of hydrogen-bond donors (Lipinski definition) is 1. The molecule has 3 amide bonds. The van der Waals surface area contributed by atoms with Gasteiger partial charge in [-0.25, -0.2) is 4.79 Å². The number of rotatable bonds is 5. The molecule has 0 unspecified atom stereocenters. The molecule has 1 fully saturated rings. The van der Waals surface area contributed by atoms with Gasteiger partial charge in [0, 0.05) is 38.5 Å². The van der Waals surface area contributed by atoms with E-state index in [-0.39, 0.29) is 18.0 Å². The molecule has 0 aliphatic carbocycles. The summed E-state index contributed by atoms with van der Waals surface area (Å²) in [6, 6.07) is 4.19. The zero-order valence-electron chi connectivity index (χ0n) is 14.2. The second-order valence-corrected chi connectivity index (χ2v) is 7.33. The molecule has 0 bridgehead atoms. The number of carbonyl (C=O) groups is 2. The van der Waals surface area contributed by atoms with E-state index in [1.165, 1.54) is 4.88 Å². The first-order valence-electron chi connectivity index (χ1n) is 8.30. The van der Waals surface area contributed by atoms with Crippen molar-refractivity contribution in [2.24, 2.45) is 5.92 Å². The number of thiophene rings is 1. The lowest BCUT2D eigenvalue weighted by molar-refractivity contribution is -0.129. The van der Waals surface area contributed by atoms with Crippen molar-refractivity contribution in [2.45, 2.75) is 38.6 Å². The highest BCUT2D eigenvalue weighted by molar-refractivity contribution is 7.10. The summed E-state index contributed by atoms with van der Waals surface area (Å²) >= 11 is 1.68. The number of nitrogens with one attached hydrogen (secondary N) is 1. The van der Waals surface area contributed by atoms with Crippen LogP contribution >= 0.6 is 11.3 Å². The van der Waals surface area contributed by atoms with Gasteiger partial charge in [0.1, 0.15) is 0 Å². The lowest BCUT2D eigenvalue weighted by Gasteiger charge is -2.33. The fourth-order valence-electron chi connectivity index (χ4n) is 2.87. The molecule has 5 nitrogen and oxygen atoms in total. The molecule has 6 heteroatoms. The number of urea groups is 1. The van der Waals surface area contributed by atoms with Crippen molar-refractivity contribution in [1.29, 1.82) is 0 Å². The lowest BCUT2D eigenvalue weighted by Crippen LogP contribution is -2.45. The van der Waals surface area contributed by atoms with Crippen molar-refractivity contribution in [3.8, 4) is 0 Å². The van der Waals surface area contributed by atoms with Gasteiger partial charge in [0.25, 0.3) is 0 Å². The van der Waals surface area contributed by atoms with Crippen LogP contribution in [0.25, 0.3) is 0 Å².